The number of thioether (sulfide) groups is 1. The Hall–Kier alpha value is -2.47. The van der Waals surface area contributed by atoms with Gasteiger partial charge in [0.05, 0.1) is 10.6 Å². The summed E-state index contributed by atoms with van der Waals surface area (Å²) in [5, 5.41) is 2.95. The predicted molar refractivity (Wildman–Crippen MR) is 102 cm³/mol. The molecule has 2 aliphatic rings. The summed E-state index contributed by atoms with van der Waals surface area (Å²) in [6.07, 6.45) is 1.31. The van der Waals surface area contributed by atoms with Crippen LogP contribution in [-0.4, -0.2) is 33.4 Å². The van der Waals surface area contributed by atoms with Crippen molar-refractivity contribution >= 4 is 29.3 Å². The largest absolute Gasteiger partial charge is 0.455 e. The SMILES string of the molecule is C[C@]12CCC(=O)N1[C@H](C(=O)Nc1ccccc1Oc1ccccc1)CS2. The number of amides is 2. The summed E-state index contributed by atoms with van der Waals surface area (Å²) in [7, 11) is 0. The molecule has 2 atom stereocenters. The van der Waals surface area contributed by atoms with Crippen LogP contribution in [0.15, 0.2) is 54.6 Å². The van der Waals surface area contributed by atoms with Gasteiger partial charge < -0.3 is 15.0 Å². The van der Waals surface area contributed by atoms with Gasteiger partial charge in [0.15, 0.2) is 5.75 Å². The second-order valence-electron chi connectivity index (χ2n) is 6.67. The average Bonchev–Trinajstić information content (AvgIpc) is 3.14. The van der Waals surface area contributed by atoms with Gasteiger partial charge in [0, 0.05) is 12.2 Å². The lowest BCUT2D eigenvalue weighted by molar-refractivity contribution is -0.135. The molecule has 2 heterocycles. The maximum Gasteiger partial charge on any atom is 0.248 e. The first-order valence-corrected chi connectivity index (χ1v) is 9.64. The van der Waals surface area contributed by atoms with E-state index in [1.54, 1.807) is 16.7 Å². The number of para-hydroxylation sites is 3. The molecule has 0 unspecified atom stereocenters. The van der Waals surface area contributed by atoms with Gasteiger partial charge in [0.1, 0.15) is 11.8 Å². The highest BCUT2D eigenvalue weighted by Crippen LogP contribution is 2.47. The summed E-state index contributed by atoms with van der Waals surface area (Å²) < 4.78 is 5.90. The number of rotatable bonds is 4. The van der Waals surface area contributed by atoms with Crippen LogP contribution in [0.2, 0.25) is 0 Å². The Bertz CT molecular complexity index is 842. The third kappa shape index (κ3) is 3.05. The van der Waals surface area contributed by atoms with Crippen molar-refractivity contribution in [3.05, 3.63) is 54.6 Å². The van der Waals surface area contributed by atoms with Crippen LogP contribution in [0.4, 0.5) is 5.69 Å². The molecule has 2 fully saturated rings. The van der Waals surface area contributed by atoms with E-state index < -0.39 is 6.04 Å². The molecule has 4 rings (SSSR count). The molecule has 0 radical (unpaired) electrons. The van der Waals surface area contributed by atoms with Crippen molar-refractivity contribution in [2.75, 3.05) is 11.1 Å². The first-order chi connectivity index (χ1) is 12.6. The summed E-state index contributed by atoms with van der Waals surface area (Å²) >= 11 is 1.69. The number of nitrogens with zero attached hydrogens (tertiary/aromatic N) is 1. The molecule has 134 valence electrons. The highest BCUT2D eigenvalue weighted by Gasteiger charge is 2.52. The van der Waals surface area contributed by atoms with E-state index in [0.29, 0.717) is 29.4 Å². The third-order valence-corrected chi connectivity index (χ3v) is 6.37. The third-order valence-electron chi connectivity index (χ3n) is 4.86. The van der Waals surface area contributed by atoms with Gasteiger partial charge in [-0.3, -0.25) is 9.59 Å². The standard InChI is InChI=1S/C20H20N2O3S/c1-20-12-11-18(23)22(20)16(13-26-20)19(24)21-15-9-5-6-10-17(15)25-14-7-3-2-4-8-14/h2-10,16H,11-13H2,1H3,(H,21,24)/t16-,20-/m0/s1. The molecule has 0 bridgehead atoms. The molecule has 2 aromatic carbocycles. The smallest absolute Gasteiger partial charge is 0.248 e. The van der Waals surface area contributed by atoms with Crippen LogP contribution < -0.4 is 10.1 Å². The number of anilines is 1. The quantitative estimate of drug-likeness (QED) is 0.890. The van der Waals surface area contributed by atoms with Gasteiger partial charge in [-0.1, -0.05) is 30.3 Å². The van der Waals surface area contributed by atoms with E-state index in [1.807, 2.05) is 61.5 Å². The van der Waals surface area contributed by atoms with E-state index in [9.17, 15) is 9.59 Å². The molecule has 0 aliphatic carbocycles. The van der Waals surface area contributed by atoms with Crippen molar-refractivity contribution in [2.45, 2.75) is 30.7 Å². The Morgan fingerprint density at radius 3 is 2.73 bits per heavy atom. The number of carbonyl (C=O) groups excluding carboxylic acids is 2. The van der Waals surface area contributed by atoms with Crippen molar-refractivity contribution in [2.24, 2.45) is 0 Å². The lowest BCUT2D eigenvalue weighted by Crippen LogP contribution is -2.48. The highest BCUT2D eigenvalue weighted by molar-refractivity contribution is 8.01. The molecule has 26 heavy (non-hydrogen) atoms. The zero-order chi connectivity index (χ0) is 18.1. The van der Waals surface area contributed by atoms with Crippen LogP contribution in [-0.2, 0) is 9.59 Å². The average molecular weight is 368 g/mol. The van der Waals surface area contributed by atoms with E-state index in [2.05, 4.69) is 5.32 Å². The lowest BCUT2D eigenvalue weighted by atomic mass is 10.2. The second kappa shape index (κ2) is 6.68. The van der Waals surface area contributed by atoms with Crippen molar-refractivity contribution in [1.29, 1.82) is 0 Å². The minimum Gasteiger partial charge on any atom is -0.455 e. The van der Waals surface area contributed by atoms with E-state index in [4.69, 9.17) is 4.74 Å². The van der Waals surface area contributed by atoms with Gasteiger partial charge >= 0.3 is 0 Å². The zero-order valence-electron chi connectivity index (χ0n) is 14.5. The Labute approximate surface area is 156 Å². The fourth-order valence-electron chi connectivity index (χ4n) is 3.51. The topological polar surface area (TPSA) is 58.6 Å². The summed E-state index contributed by atoms with van der Waals surface area (Å²) in [6.45, 7) is 2.04. The summed E-state index contributed by atoms with van der Waals surface area (Å²) in [5.41, 5.74) is 0.603. The van der Waals surface area contributed by atoms with Gasteiger partial charge in [0.2, 0.25) is 11.8 Å². The van der Waals surface area contributed by atoms with Crippen LogP contribution in [0.3, 0.4) is 0 Å². The lowest BCUT2D eigenvalue weighted by Gasteiger charge is -2.30. The van der Waals surface area contributed by atoms with Gasteiger partial charge in [-0.15, -0.1) is 11.8 Å². The number of fused-ring (bicyclic) bond motifs is 1. The fourth-order valence-corrected chi connectivity index (χ4v) is 4.94. The summed E-state index contributed by atoms with van der Waals surface area (Å²) in [5.74, 6) is 1.80. The minimum atomic E-state index is -0.440. The zero-order valence-corrected chi connectivity index (χ0v) is 15.3. The molecule has 5 nitrogen and oxygen atoms in total. The van der Waals surface area contributed by atoms with Crippen LogP contribution in [0, 0.1) is 0 Å². The van der Waals surface area contributed by atoms with E-state index in [1.165, 1.54) is 0 Å². The van der Waals surface area contributed by atoms with Gasteiger partial charge in [-0.2, -0.15) is 0 Å². The number of nitrogens with one attached hydrogen (secondary N) is 1. The maximum absolute atomic E-state index is 12.9. The van der Waals surface area contributed by atoms with Crippen molar-refractivity contribution in [3.63, 3.8) is 0 Å². The summed E-state index contributed by atoms with van der Waals surface area (Å²) in [4.78, 5) is 26.6. The number of hydrogen-bond acceptors (Lipinski definition) is 4. The van der Waals surface area contributed by atoms with Gasteiger partial charge in [-0.25, -0.2) is 0 Å². The van der Waals surface area contributed by atoms with Crippen LogP contribution in [0.25, 0.3) is 0 Å². The normalized spacial score (nSPS) is 24.4. The predicted octanol–water partition coefficient (Wildman–Crippen LogP) is 3.87. The van der Waals surface area contributed by atoms with Crippen LogP contribution >= 0.6 is 11.8 Å². The first-order valence-electron chi connectivity index (χ1n) is 8.66. The van der Waals surface area contributed by atoms with Crippen LogP contribution in [0.1, 0.15) is 19.8 Å². The minimum absolute atomic E-state index is 0.0615. The second-order valence-corrected chi connectivity index (χ2v) is 8.17. The van der Waals surface area contributed by atoms with Crippen LogP contribution in [0.5, 0.6) is 11.5 Å². The Kier molecular flexibility index (Phi) is 4.36. The Balaban J connectivity index is 1.53. The molecule has 2 amide bonds. The van der Waals surface area contributed by atoms with Crippen molar-refractivity contribution < 1.29 is 14.3 Å². The van der Waals surface area contributed by atoms with Gasteiger partial charge in [-0.05, 0) is 37.6 Å². The monoisotopic (exact) mass is 368 g/mol. The molecule has 6 heteroatoms. The van der Waals surface area contributed by atoms with Crippen molar-refractivity contribution in [1.82, 2.24) is 4.90 Å². The molecule has 0 spiro atoms. The van der Waals surface area contributed by atoms with Gasteiger partial charge in [0.25, 0.3) is 0 Å². The number of ether oxygens (including phenoxy) is 1. The Morgan fingerprint density at radius 1 is 1.19 bits per heavy atom. The molecular formula is C20H20N2O3S. The fraction of sp³-hybridized carbons (Fsp3) is 0.300. The highest BCUT2D eigenvalue weighted by atomic mass is 32.2. The van der Waals surface area contributed by atoms with E-state index >= 15 is 0 Å². The molecule has 2 saturated heterocycles. The van der Waals surface area contributed by atoms with E-state index in [0.717, 1.165) is 6.42 Å². The van der Waals surface area contributed by atoms with E-state index in [-0.39, 0.29) is 16.7 Å². The van der Waals surface area contributed by atoms with Crippen molar-refractivity contribution in [3.8, 4) is 11.5 Å². The number of hydrogen-bond donors (Lipinski definition) is 1. The molecule has 2 aliphatic heterocycles. The Morgan fingerprint density at radius 2 is 1.92 bits per heavy atom. The molecule has 1 N–H and O–H groups in total. The maximum atomic E-state index is 12.9. The number of benzene rings is 2. The molecule has 2 aromatic rings. The molecule has 0 saturated carbocycles. The number of carbonyl (C=O) groups is 2. The first kappa shape index (κ1) is 17.0. The molecule has 0 aromatic heterocycles. The molecular weight excluding hydrogens is 348 g/mol. The summed E-state index contributed by atoms with van der Waals surface area (Å²) in [6, 6.07) is 16.3.